The van der Waals surface area contributed by atoms with Crippen LogP contribution in [0.25, 0.3) is 10.9 Å². The third-order valence-corrected chi connectivity index (χ3v) is 6.38. The van der Waals surface area contributed by atoms with Crippen molar-refractivity contribution in [3.63, 3.8) is 0 Å². The highest BCUT2D eigenvalue weighted by Crippen LogP contribution is 2.19. The van der Waals surface area contributed by atoms with E-state index in [1.807, 2.05) is 68.4 Å². The van der Waals surface area contributed by atoms with Crippen molar-refractivity contribution in [1.29, 1.82) is 0 Å². The summed E-state index contributed by atoms with van der Waals surface area (Å²) in [6.45, 7) is 5.34. The zero-order valence-corrected chi connectivity index (χ0v) is 22.4. The number of nitrogens with two attached hydrogens (primary N) is 1. The second kappa shape index (κ2) is 13.6. The first-order valence-corrected chi connectivity index (χ1v) is 13.0. The molecule has 10 heteroatoms. The smallest absolute Gasteiger partial charge is 0.326 e. The van der Waals surface area contributed by atoms with Crippen molar-refractivity contribution in [2.45, 2.75) is 64.2 Å². The molecule has 0 aliphatic carbocycles. The van der Waals surface area contributed by atoms with Crippen LogP contribution in [0.4, 0.5) is 0 Å². The fourth-order valence-corrected chi connectivity index (χ4v) is 4.33. The van der Waals surface area contributed by atoms with Gasteiger partial charge in [0.25, 0.3) is 0 Å². The lowest BCUT2D eigenvalue weighted by atomic mass is 10.00. The number of carboxylic acids is 1. The molecule has 0 bridgehead atoms. The Kier molecular flexibility index (Phi) is 10.2. The number of amides is 3. The number of aliphatic carboxylic acids is 1. The second-order valence-electron chi connectivity index (χ2n) is 10.2. The van der Waals surface area contributed by atoms with E-state index >= 15 is 0 Å². The summed E-state index contributed by atoms with van der Waals surface area (Å²) in [6, 6.07) is 12.6. The topological polar surface area (TPSA) is 166 Å². The molecule has 0 fully saturated rings. The van der Waals surface area contributed by atoms with Gasteiger partial charge in [0.1, 0.15) is 18.1 Å². The summed E-state index contributed by atoms with van der Waals surface area (Å²) in [4.78, 5) is 54.3. The molecule has 208 valence electrons. The van der Waals surface area contributed by atoms with E-state index in [1.165, 1.54) is 6.92 Å². The summed E-state index contributed by atoms with van der Waals surface area (Å²) in [7, 11) is 0. The Morgan fingerprint density at radius 2 is 1.38 bits per heavy atom. The highest BCUT2D eigenvalue weighted by Gasteiger charge is 2.31. The van der Waals surface area contributed by atoms with Crippen molar-refractivity contribution in [3.05, 3.63) is 71.9 Å². The van der Waals surface area contributed by atoms with Crippen LogP contribution in [0.1, 0.15) is 38.3 Å². The molecule has 39 heavy (non-hydrogen) atoms. The number of fused-ring (bicyclic) bond motifs is 1. The van der Waals surface area contributed by atoms with Gasteiger partial charge in [0.2, 0.25) is 17.7 Å². The minimum absolute atomic E-state index is 0.0531. The van der Waals surface area contributed by atoms with Crippen LogP contribution in [0.2, 0.25) is 0 Å². The van der Waals surface area contributed by atoms with Gasteiger partial charge in [-0.05, 0) is 36.5 Å². The summed E-state index contributed by atoms with van der Waals surface area (Å²) in [5.74, 6) is -2.79. The average molecular weight is 536 g/mol. The monoisotopic (exact) mass is 535 g/mol. The number of aromatic nitrogens is 1. The van der Waals surface area contributed by atoms with Gasteiger partial charge in [0.05, 0.1) is 6.04 Å². The number of H-pyrrole nitrogens is 1. The quantitative estimate of drug-likeness (QED) is 0.195. The molecule has 0 aliphatic rings. The highest BCUT2D eigenvalue weighted by molar-refractivity contribution is 5.94. The molecule has 0 aliphatic heterocycles. The van der Waals surface area contributed by atoms with Crippen molar-refractivity contribution in [2.75, 3.05) is 0 Å². The highest BCUT2D eigenvalue weighted by atomic mass is 16.4. The number of carbonyl (C=O) groups is 4. The maximum absolute atomic E-state index is 13.5. The molecule has 7 N–H and O–H groups in total. The van der Waals surface area contributed by atoms with Gasteiger partial charge >= 0.3 is 5.97 Å². The van der Waals surface area contributed by atoms with Crippen LogP contribution in [0, 0.1) is 5.92 Å². The largest absolute Gasteiger partial charge is 0.480 e. The van der Waals surface area contributed by atoms with Crippen molar-refractivity contribution in [2.24, 2.45) is 11.7 Å². The average Bonchev–Trinajstić information content (AvgIpc) is 3.30. The first-order chi connectivity index (χ1) is 18.5. The van der Waals surface area contributed by atoms with Crippen LogP contribution in [-0.2, 0) is 32.0 Å². The van der Waals surface area contributed by atoms with Crippen LogP contribution in [0.5, 0.6) is 0 Å². The van der Waals surface area contributed by atoms with Crippen LogP contribution in [0.15, 0.2) is 60.8 Å². The third-order valence-electron chi connectivity index (χ3n) is 6.38. The van der Waals surface area contributed by atoms with Gasteiger partial charge in [-0.2, -0.15) is 0 Å². The predicted octanol–water partition coefficient (Wildman–Crippen LogP) is 1.89. The number of benzene rings is 2. The number of hydrogen-bond donors (Lipinski definition) is 6. The first-order valence-electron chi connectivity index (χ1n) is 13.0. The molecule has 10 nitrogen and oxygen atoms in total. The number of aromatic amines is 1. The number of hydrogen-bond acceptors (Lipinski definition) is 5. The number of carbonyl (C=O) groups excluding carboxylic acids is 3. The van der Waals surface area contributed by atoms with E-state index in [2.05, 4.69) is 20.9 Å². The SMILES string of the molecule is CC(C)CC(NC(=O)C(C)N)C(=O)NC(Cc1ccccc1)C(=O)NC(Cc1c[nH]c2ccccc12)C(=O)O. The molecule has 3 amide bonds. The fourth-order valence-electron chi connectivity index (χ4n) is 4.33. The zero-order valence-electron chi connectivity index (χ0n) is 22.4. The maximum Gasteiger partial charge on any atom is 0.326 e. The third kappa shape index (κ3) is 8.41. The molecule has 0 saturated carbocycles. The molecule has 4 unspecified atom stereocenters. The number of rotatable bonds is 13. The molecule has 0 radical (unpaired) electrons. The van der Waals surface area contributed by atoms with Gasteiger partial charge in [-0.1, -0.05) is 62.4 Å². The summed E-state index contributed by atoms with van der Waals surface area (Å²) in [5, 5.41) is 18.8. The van der Waals surface area contributed by atoms with E-state index in [0.29, 0.717) is 6.42 Å². The zero-order chi connectivity index (χ0) is 28.5. The molecular weight excluding hydrogens is 498 g/mol. The van der Waals surface area contributed by atoms with Crippen LogP contribution in [-0.4, -0.2) is 57.9 Å². The molecule has 1 heterocycles. The second-order valence-corrected chi connectivity index (χ2v) is 10.2. The van der Waals surface area contributed by atoms with Crippen LogP contribution >= 0.6 is 0 Å². The van der Waals surface area contributed by atoms with E-state index in [-0.39, 0.29) is 18.8 Å². The Bertz CT molecular complexity index is 1290. The van der Waals surface area contributed by atoms with Gasteiger partial charge in [0.15, 0.2) is 0 Å². The standard InChI is InChI=1S/C29H37N5O5/c1-17(2)13-23(32-26(35)18(3)30)27(36)33-24(14-19-9-5-4-6-10-19)28(37)34-25(29(38)39)15-20-16-31-22-12-8-7-11-21(20)22/h4-12,16-18,23-25,31H,13-15,30H2,1-3H3,(H,32,35)(H,33,36)(H,34,37)(H,38,39). The van der Waals surface area contributed by atoms with Crippen molar-refractivity contribution >= 4 is 34.6 Å². The normalized spacial score (nSPS) is 14.3. The lowest BCUT2D eigenvalue weighted by molar-refractivity contribution is -0.142. The molecule has 1 aromatic heterocycles. The van der Waals surface area contributed by atoms with Crippen molar-refractivity contribution in [3.8, 4) is 0 Å². The van der Waals surface area contributed by atoms with Crippen molar-refractivity contribution < 1.29 is 24.3 Å². The Hall–Kier alpha value is -4.18. The maximum atomic E-state index is 13.5. The summed E-state index contributed by atoms with van der Waals surface area (Å²) in [6.07, 6.45) is 2.25. The van der Waals surface area contributed by atoms with Crippen molar-refractivity contribution in [1.82, 2.24) is 20.9 Å². The first kappa shape index (κ1) is 29.4. The lowest BCUT2D eigenvalue weighted by Gasteiger charge is -2.26. The molecule has 0 saturated heterocycles. The molecule has 2 aromatic carbocycles. The Morgan fingerprint density at radius 3 is 2.03 bits per heavy atom. The molecule has 3 rings (SSSR count). The fraction of sp³-hybridized carbons (Fsp3) is 0.379. The molecule has 3 aromatic rings. The summed E-state index contributed by atoms with van der Waals surface area (Å²) < 4.78 is 0. The molecule has 0 spiro atoms. The Balaban J connectivity index is 1.81. The van der Waals surface area contributed by atoms with Gasteiger partial charge in [-0.3, -0.25) is 14.4 Å². The van der Waals surface area contributed by atoms with E-state index < -0.39 is 47.9 Å². The van der Waals surface area contributed by atoms with Crippen LogP contribution in [0.3, 0.4) is 0 Å². The van der Waals surface area contributed by atoms with E-state index in [0.717, 1.165) is 22.0 Å². The van der Waals surface area contributed by atoms with Gasteiger partial charge in [-0.15, -0.1) is 0 Å². The van der Waals surface area contributed by atoms with Gasteiger partial charge < -0.3 is 31.8 Å². The number of para-hydroxylation sites is 1. The predicted molar refractivity (Wildman–Crippen MR) is 149 cm³/mol. The lowest BCUT2D eigenvalue weighted by Crippen LogP contribution is -2.57. The van der Waals surface area contributed by atoms with E-state index in [9.17, 15) is 24.3 Å². The minimum Gasteiger partial charge on any atom is -0.480 e. The summed E-state index contributed by atoms with van der Waals surface area (Å²) >= 11 is 0. The van der Waals surface area contributed by atoms with Gasteiger partial charge in [-0.25, -0.2) is 4.79 Å². The Morgan fingerprint density at radius 1 is 0.795 bits per heavy atom. The number of carboxylic acid groups (broad SMARTS) is 1. The Labute approximate surface area is 227 Å². The number of nitrogens with one attached hydrogen (secondary N) is 4. The molecule has 4 atom stereocenters. The van der Waals surface area contributed by atoms with Gasteiger partial charge in [0, 0.05) is 29.9 Å². The van der Waals surface area contributed by atoms with Crippen LogP contribution < -0.4 is 21.7 Å². The van der Waals surface area contributed by atoms with E-state index in [4.69, 9.17) is 5.73 Å². The summed E-state index contributed by atoms with van der Waals surface area (Å²) in [5.41, 5.74) is 8.06. The molecular formula is C29H37N5O5. The minimum atomic E-state index is -1.23. The van der Waals surface area contributed by atoms with E-state index in [1.54, 1.807) is 6.20 Å².